The van der Waals surface area contributed by atoms with Gasteiger partial charge in [-0.2, -0.15) is 0 Å². The van der Waals surface area contributed by atoms with Crippen molar-refractivity contribution in [2.24, 2.45) is 5.73 Å². The number of nitrogens with zero attached hydrogens (tertiary/aromatic N) is 1. The van der Waals surface area contributed by atoms with E-state index in [0.717, 1.165) is 10.6 Å². The fourth-order valence-corrected chi connectivity index (χ4v) is 2.36. The molecular formula is C14H15N3OS. The first-order chi connectivity index (χ1) is 9.13. The van der Waals surface area contributed by atoms with Crippen molar-refractivity contribution in [1.29, 1.82) is 5.41 Å². The van der Waals surface area contributed by atoms with Crippen molar-refractivity contribution in [2.45, 2.75) is 11.8 Å². The first kappa shape index (κ1) is 13.4. The van der Waals surface area contributed by atoms with E-state index in [4.69, 9.17) is 15.9 Å². The van der Waals surface area contributed by atoms with Crippen molar-refractivity contribution in [1.82, 2.24) is 4.98 Å². The molecule has 1 aromatic carbocycles. The summed E-state index contributed by atoms with van der Waals surface area (Å²) in [6.45, 7) is 1.88. The third kappa shape index (κ3) is 2.88. The number of pyridine rings is 1. The fourth-order valence-electron chi connectivity index (χ4n) is 1.73. The lowest BCUT2D eigenvalue weighted by molar-refractivity contribution is 0.473. The van der Waals surface area contributed by atoms with Gasteiger partial charge in [-0.05, 0) is 37.4 Å². The van der Waals surface area contributed by atoms with Crippen molar-refractivity contribution in [3.8, 4) is 11.5 Å². The van der Waals surface area contributed by atoms with Crippen LogP contribution in [-0.2, 0) is 0 Å². The molecule has 0 aliphatic heterocycles. The molecule has 0 aliphatic carbocycles. The first-order valence-corrected chi connectivity index (χ1v) is 6.97. The summed E-state index contributed by atoms with van der Waals surface area (Å²) in [5, 5.41) is 7.71. The largest absolute Gasteiger partial charge is 0.455 e. The van der Waals surface area contributed by atoms with E-state index in [-0.39, 0.29) is 5.84 Å². The molecule has 1 aromatic heterocycles. The molecule has 0 bridgehead atoms. The topological polar surface area (TPSA) is 72.0 Å². The summed E-state index contributed by atoms with van der Waals surface area (Å²) in [6, 6.07) is 9.28. The van der Waals surface area contributed by atoms with Crippen LogP contribution in [0.2, 0.25) is 0 Å². The minimum atomic E-state index is 0.00138. The zero-order chi connectivity index (χ0) is 13.8. The molecule has 0 spiro atoms. The molecule has 0 amide bonds. The number of rotatable bonds is 4. The smallest absolute Gasteiger partial charge is 0.148 e. The van der Waals surface area contributed by atoms with Crippen molar-refractivity contribution in [2.75, 3.05) is 6.26 Å². The Morgan fingerprint density at radius 2 is 2.00 bits per heavy atom. The van der Waals surface area contributed by atoms with Crippen LogP contribution in [0.25, 0.3) is 0 Å². The Bertz CT molecular complexity index is 613. The molecule has 0 fully saturated rings. The molecule has 0 atom stereocenters. The standard InChI is InChI=1S/C14H15N3OS/c1-9-10(6-4-8-17-9)18-11-5-3-7-12(19-2)13(11)14(15)16/h3-8H,1-2H3,(H3,15,16). The number of aryl methyl sites for hydroxylation is 1. The van der Waals surface area contributed by atoms with Gasteiger partial charge in [0.25, 0.3) is 0 Å². The van der Waals surface area contributed by atoms with Gasteiger partial charge in [0.05, 0.1) is 11.3 Å². The van der Waals surface area contributed by atoms with Crippen LogP contribution < -0.4 is 10.5 Å². The summed E-state index contributed by atoms with van der Waals surface area (Å²) in [7, 11) is 0. The van der Waals surface area contributed by atoms with Crippen LogP contribution in [0.1, 0.15) is 11.3 Å². The molecule has 0 unspecified atom stereocenters. The first-order valence-electron chi connectivity index (χ1n) is 5.74. The van der Waals surface area contributed by atoms with Gasteiger partial charge >= 0.3 is 0 Å². The molecule has 2 aromatic rings. The normalized spacial score (nSPS) is 10.2. The number of ether oxygens (including phenoxy) is 1. The predicted octanol–water partition coefficient (Wildman–Crippen LogP) is 3.19. The van der Waals surface area contributed by atoms with Gasteiger partial charge in [0, 0.05) is 11.1 Å². The molecule has 2 rings (SSSR count). The predicted molar refractivity (Wildman–Crippen MR) is 78.3 cm³/mol. The Kier molecular flexibility index (Phi) is 4.06. The van der Waals surface area contributed by atoms with Gasteiger partial charge in [0.1, 0.15) is 17.3 Å². The number of nitrogens with two attached hydrogens (primary N) is 1. The molecule has 4 nitrogen and oxygen atoms in total. The summed E-state index contributed by atoms with van der Waals surface area (Å²) in [5.74, 6) is 1.25. The van der Waals surface area contributed by atoms with E-state index in [0.29, 0.717) is 17.1 Å². The third-order valence-electron chi connectivity index (χ3n) is 2.66. The second-order valence-electron chi connectivity index (χ2n) is 3.94. The Balaban J connectivity index is 2.46. The van der Waals surface area contributed by atoms with Crippen molar-refractivity contribution >= 4 is 17.6 Å². The Hall–Kier alpha value is -2.01. The van der Waals surface area contributed by atoms with Crippen LogP contribution in [0.4, 0.5) is 0 Å². The van der Waals surface area contributed by atoms with E-state index in [2.05, 4.69) is 4.98 Å². The van der Waals surface area contributed by atoms with E-state index < -0.39 is 0 Å². The Labute approximate surface area is 116 Å². The van der Waals surface area contributed by atoms with Crippen LogP contribution in [0.15, 0.2) is 41.4 Å². The number of aromatic nitrogens is 1. The molecule has 0 saturated heterocycles. The van der Waals surface area contributed by atoms with Gasteiger partial charge in [-0.25, -0.2) is 0 Å². The van der Waals surface area contributed by atoms with E-state index in [1.807, 2.05) is 43.5 Å². The number of nitrogens with one attached hydrogen (secondary N) is 1. The lowest BCUT2D eigenvalue weighted by Crippen LogP contribution is -2.13. The van der Waals surface area contributed by atoms with Crippen LogP contribution >= 0.6 is 11.8 Å². The fraction of sp³-hybridized carbons (Fsp3) is 0.143. The molecular weight excluding hydrogens is 258 g/mol. The van der Waals surface area contributed by atoms with Gasteiger partial charge in [-0.15, -0.1) is 11.8 Å². The third-order valence-corrected chi connectivity index (χ3v) is 3.44. The summed E-state index contributed by atoms with van der Waals surface area (Å²) in [5.41, 5.74) is 7.08. The number of thioether (sulfide) groups is 1. The number of nitrogen functional groups attached to an aromatic ring is 1. The van der Waals surface area contributed by atoms with E-state index in [1.54, 1.807) is 6.20 Å². The molecule has 19 heavy (non-hydrogen) atoms. The molecule has 0 aliphatic rings. The maximum atomic E-state index is 7.71. The average Bonchev–Trinajstić information content (AvgIpc) is 2.40. The van der Waals surface area contributed by atoms with Crippen LogP contribution in [-0.4, -0.2) is 17.1 Å². The highest BCUT2D eigenvalue weighted by Gasteiger charge is 2.13. The number of benzene rings is 1. The van der Waals surface area contributed by atoms with Crippen molar-refractivity contribution < 1.29 is 4.74 Å². The van der Waals surface area contributed by atoms with Gasteiger partial charge < -0.3 is 10.5 Å². The molecule has 1 heterocycles. The highest BCUT2D eigenvalue weighted by molar-refractivity contribution is 7.98. The SMILES string of the molecule is CSc1cccc(Oc2cccnc2C)c1C(=N)N. The van der Waals surface area contributed by atoms with E-state index in [1.165, 1.54) is 11.8 Å². The molecule has 98 valence electrons. The average molecular weight is 273 g/mol. The second kappa shape index (κ2) is 5.75. The molecule has 0 saturated carbocycles. The minimum absolute atomic E-state index is 0.00138. The Morgan fingerprint density at radius 3 is 2.63 bits per heavy atom. The zero-order valence-electron chi connectivity index (χ0n) is 10.8. The van der Waals surface area contributed by atoms with Crippen LogP contribution in [0.3, 0.4) is 0 Å². The quantitative estimate of drug-likeness (QED) is 0.510. The summed E-state index contributed by atoms with van der Waals surface area (Å²) in [4.78, 5) is 5.10. The highest BCUT2D eigenvalue weighted by atomic mass is 32.2. The summed E-state index contributed by atoms with van der Waals surface area (Å²) < 4.78 is 5.85. The van der Waals surface area contributed by atoms with E-state index in [9.17, 15) is 0 Å². The number of hydrogen-bond acceptors (Lipinski definition) is 4. The minimum Gasteiger partial charge on any atom is -0.455 e. The number of amidine groups is 1. The zero-order valence-corrected chi connectivity index (χ0v) is 11.6. The van der Waals surface area contributed by atoms with Crippen LogP contribution in [0, 0.1) is 12.3 Å². The van der Waals surface area contributed by atoms with Crippen molar-refractivity contribution in [3.63, 3.8) is 0 Å². The van der Waals surface area contributed by atoms with Gasteiger partial charge in [0.15, 0.2) is 0 Å². The van der Waals surface area contributed by atoms with E-state index >= 15 is 0 Å². The lowest BCUT2D eigenvalue weighted by atomic mass is 10.2. The molecule has 0 radical (unpaired) electrons. The molecule has 5 heteroatoms. The second-order valence-corrected chi connectivity index (χ2v) is 4.78. The summed E-state index contributed by atoms with van der Waals surface area (Å²) in [6.07, 6.45) is 3.66. The monoisotopic (exact) mass is 273 g/mol. The van der Waals surface area contributed by atoms with Gasteiger partial charge in [-0.3, -0.25) is 10.4 Å². The molecule has 3 N–H and O–H groups in total. The highest BCUT2D eigenvalue weighted by Crippen LogP contribution is 2.32. The summed E-state index contributed by atoms with van der Waals surface area (Å²) >= 11 is 1.54. The van der Waals surface area contributed by atoms with Crippen molar-refractivity contribution in [3.05, 3.63) is 47.8 Å². The Morgan fingerprint density at radius 1 is 1.26 bits per heavy atom. The van der Waals surface area contributed by atoms with Crippen LogP contribution in [0.5, 0.6) is 11.5 Å². The maximum absolute atomic E-state index is 7.71. The van der Waals surface area contributed by atoms with Gasteiger partial charge in [0.2, 0.25) is 0 Å². The lowest BCUT2D eigenvalue weighted by Gasteiger charge is -2.14. The van der Waals surface area contributed by atoms with Gasteiger partial charge in [-0.1, -0.05) is 6.07 Å². The number of hydrogen-bond donors (Lipinski definition) is 2. The maximum Gasteiger partial charge on any atom is 0.148 e.